The van der Waals surface area contributed by atoms with Gasteiger partial charge in [0.15, 0.2) is 0 Å². The zero-order valence-corrected chi connectivity index (χ0v) is 30.5. The van der Waals surface area contributed by atoms with Crippen LogP contribution in [-0.2, 0) is 10.8 Å². The van der Waals surface area contributed by atoms with Crippen LogP contribution in [-0.4, -0.2) is 0 Å². The molecule has 0 saturated carbocycles. The van der Waals surface area contributed by atoms with Crippen LogP contribution in [0.15, 0.2) is 164 Å². The number of benzene rings is 9. The normalized spacial score (nSPS) is 15.1. The SMILES string of the molecule is CC1(C)c2ccccc2N2c3ccc(-c4cc5ccccc5c5ccccc45)cc3C(C)(C)c3cc(-c4cc5ccccc5c5ccccc45)cc1c32. The zero-order valence-electron chi connectivity index (χ0n) is 30.5. The lowest BCUT2D eigenvalue weighted by Gasteiger charge is -2.50. The van der Waals surface area contributed by atoms with Crippen LogP contribution in [0.5, 0.6) is 0 Å². The molecule has 0 unspecified atom stereocenters. The summed E-state index contributed by atoms with van der Waals surface area (Å²) in [6.45, 7) is 9.71. The van der Waals surface area contributed by atoms with Crippen LogP contribution in [0.25, 0.3) is 65.3 Å². The molecule has 0 N–H and O–H groups in total. The Balaban J connectivity index is 1.21. The van der Waals surface area contributed by atoms with E-state index in [4.69, 9.17) is 0 Å². The minimum atomic E-state index is -0.274. The second kappa shape index (κ2) is 10.7. The van der Waals surface area contributed by atoms with E-state index in [1.165, 1.54) is 105 Å². The summed E-state index contributed by atoms with van der Waals surface area (Å²) >= 11 is 0. The molecule has 0 amide bonds. The van der Waals surface area contributed by atoms with Crippen molar-refractivity contribution in [2.75, 3.05) is 4.90 Å². The summed E-state index contributed by atoms with van der Waals surface area (Å²) in [6, 6.07) is 61.6. The lowest BCUT2D eigenvalue weighted by Crippen LogP contribution is -2.38. The summed E-state index contributed by atoms with van der Waals surface area (Å²) in [5.41, 5.74) is 14.0. The first-order valence-electron chi connectivity index (χ1n) is 18.9. The van der Waals surface area contributed by atoms with Gasteiger partial charge in [0.2, 0.25) is 0 Å². The van der Waals surface area contributed by atoms with Crippen LogP contribution in [0.1, 0.15) is 49.9 Å². The van der Waals surface area contributed by atoms with Gasteiger partial charge in [0.1, 0.15) is 0 Å². The molecule has 0 bridgehead atoms. The Bertz CT molecular complexity index is 3010. The van der Waals surface area contributed by atoms with Gasteiger partial charge < -0.3 is 4.90 Å². The predicted octanol–water partition coefficient (Wildman–Crippen LogP) is 14.4. The Kier molecular flexibility index (Phi) is 6.14. The molecule has 11 rings (SSSR count). The summed E-state index contributed by atoms with van der Waals surface area (Å²) < 4.78 is 0. The van der Waals surface area contributed by atoms with Gasteiger partial charge in [0.05, 0.1) is 17.1 Å². The number of para-hydroxylation sites is 1. The lowest BCUT2D eigenvalue weighted by atomic mass is 9.65. The highest BCUT2D eigenvalue weighted by molar-refractivity contribution is 6.15. The number of rotatable bonds is 2. The van der Waals surface area contributed by atoms with Crippen LogP contribution >= 0.6 is 0 Å². The van der Waals surface area contributed by atoms with Crippen molar-refractivity contribution in [1.82, 2.24) is 0 Å². The van der Waals surface area contributed by atoms with Crippen molar-refractivity contribution in [3.8, 4) is 22.3 Å². The van der Waals surface area contributed by atoms with E-state index in [-0.39, 0.29) is 10.8 Å². The van der Waals surface area contributed by atoms with Gasteiger partial charge in [-0.1, -0.05) is 149 Å². The summed E-state index contributed by atoms with van der Waals surface area (Å²) in [5, 5.41) is 10.3. The second-order valence-corrected chi connectivity index (χ2v) is 16.1. The Hall–Kier alpha value is -6.18. The van der Waals surface area contributed by atoms with Crippen molar-refractivity contribution in [2.24, 2.45) is 0 Å². The zero-order chi connectivity index (χ0) is 35.6. The first-order valence-corrected chi connectivity index (χ1v) is 18.9. The van der Waals surface area contributed by atoms with E-state index in [1.54, 1.807) is 0 Å². The summed E-state index contributed by atoms with van der Waals surface area (Å²) in [4.78, 5) is 2.58. The van der Waals surface area contributed by atoms with Crippen molar-refractivity contribution in [2.45, 2.75) is 38.5 Å². The molecule has 0 saturated heterocycles. The molecule has 1 heteroatoms. The van der Waals surface area contributed by atoms with E-state index in [1.807, 2.05) is 0 Å². The fourth-order valence-corrected chi connectivity index (χ4v) is 9.83. The number of hydrogen-bond donors (Lipinski definition) is 0. The Labute approximate surface area is 310 Å². The van der Waals surface area contributed by atoms with Crippen LogP contribution in [0.4, 0.5) is 17.1 Å². The minimum Gasteiger partial charge on any atom is -0.309 e. The van der Waals surface area contributed by atoms with Crippen LogP contribution in [0.3, 0.4) is 0 Å². The van der Waals surface area contributed by atoms with Gasteiger partial charge in [-0.05, 0) is 130 Å². The quantitative estimate of drug-likeness (QED) is 0.165. The second-order valence-electron chi connectivity index (χ2n) is 16.1. The van der Waals surface area contributed by atoms with Crippen molar-refractivity contribution in [3.05, 3.63) is 186 Å². The number of hydrogen-bond acceptors (Lipinski definition) is 1. The first kappa shape index (κ1) is 30.4. The average molecular weight is 678 g/mol. The van der Waals surface area contributed by atoms with E-state index >= 15 is 0 Å². The molecule has 252 valence electrons. The van der Waals surface area contributed by atoms with Crippen LogP contribution in [0, 0.1) is 0 Å². The first-order chi connectivity index (χ1) is 25.8. The molecule has 0 aromatic heterocycles. The van der Waals surface area contributed by atoms with E-state index in [0.717, 1.165) is 0 Å². The summed E-state index contributed by atoms with van der Waals surface area (Å²) in [5.74, 6) is 0. The highest BCUT2D eigenvalue weighted by atomic mass is 15.2. The maximum Gasteiger partial charge on any atom is 0.0544 e. The molecule has 9 aromatic carbocycles. The summed E-state index contributed by atoms with van der Waals surface area (Å²) in [6.07, 6.45) is 0. The van der Waals surface area contributed by atoms with Crippen molar-refractivity contribution >= 4 is 60.2 Å². The van der Waals surface area contributed by atoms with Gasteiger partial charge in [-0.3, -0.25) is 0 Å². The van der Waals surface area contributed by atoms with Crippen molar-refractivity contribution < 1.29 is 0 Å². The third-order valence-corrected chi connectivity index (χ3v) is 12.6. The number of nitrogens with zero attached hydrogens (tertiary/aromatic N) is 1. The van der Waals surface area contributed by atoms with Gasteiger partial charge in [0, 0.05) is 10.8 Å². The van der Waals surface area contributed by atoms with Gasteiger partial charge >= 0.3 is 0 Å². The molecule has 2 aliphatic rings. The molecular formula is C52H39N. The average Bonchev–Trinajstić information content (AvgIpc) is 3.20. The third-order valence-electron chi connectivity index (χ3n) is 12.6. The lowest BCUT2D eigenvalue weighted by molar-refractivity contribution is 0.598. The third kappa shape index (κ3) is 4.14. The molecule has 0 atom stereocenters. The Morgan fingerprint density at radius 1 is 0.340 bits per heavy atom. The standard InChI is InChI=1S/C52H39N/c1-51(2)44-23-13-14-24-48(44)53-49-26-25-34(42-27-32-15-5-7-17-36(32)38-19-9-11-21-40(38)42)29-45(49)52(3,4)47-31-35(30-46(51)50(47)53)43-28-33-16-6-8-18-37(33)39-20-10-12-22-41(39)43/h5-31H,1-4H3. The Morgan fingerprint density at radius 3 is 1.38 bits per heavy atom. The maximum absolute atomic E-state index is 2.58. The minimum absolute atomic E-state index is 0.197. The molecule has 0 fully saturated rings. The highest BCUT2D eigenvalue weighted by Gasteiger charge is 2.46. The maximum atomic E-state index is 2.58. The van der Waals surface area contributed by atoms with Crippen molar-refractivity contribution in [1.29, 1.82) is 0 Å². The molecule has 9 aromatic rings. The monoisotopic (exact) mass is 677 g/mol. The largest absolute Gasteiger partial charge is 0.309 e. The fraction of sp³-hybridized carbons (Fsp3) is 0.115. The van der Waals surface area contributed by atoms with E-state index in [9.17, 15) is 0 Å². The predicted molar refractivity (Wildman–Crippen MR) is 226 cm³/mol. The van der Waals surface area contributed by atoms with Crippen molar-refractivity contribution in [3.63, 3.8) is 0 Å². The molecule has 2 aliphatic heterocycles. The van der Waals surface area contributed by atoms with Gasteiger partial charge in [0.25, 0.3) is 0 Å². The molecule has 53 heavy (non-hydrogen) atoms. The fourth-order valence-electron chi connectivity index (χ4n) is 9.83. The topological polar surface area (TPSA) is 3.24 Å². The Morgan fingerprint density at radius 2 is 0.774 bits per heavy atom. The van der Waals surface area contributed by atoms with E-state index in [0.29, 0.717) is 0 Å². The number of anilines is 3. The van der Waals surface area contributed by atoms with Crippen LogP contribution < -0.4 is 4.90 Å². The van der Waals surface area contributed by atoms with Gasteiger partial charge in [-0.2, -0.15) is 0 Å². The summed E-state index contributed by atoms with van der Waals surface area (Å²) in [7, 11) is 0. The van der Waals surface area contributed by atoms with Gasteiger partial charge in [-0.25, -0.2) is 0 Å². The molecule has 0 aliphatic carbocycles. The molecule has 2 heterocycles. The highest BCUT2D eigenvalue weighted by Crippen LogP contribution is 2.61. The molecule has 0 spiro atoms. The number of fused-ring (bicyclic) bond motifs is 10. The molecular weight excluding hydrogens is 639 g/mol. The van der Waals surface area contributed by atoms with Crippen LogP contribution in [0.2, 0.25) is 0 Å². The molecule has 1 nitrogen and oxygen atoms in total. The molecule has 0 radical (unpaired) electrons. The smallest absolute Gasteiger partial charge is 0.0544 e. The van der Waals surface area contributed by atoms with E-state index < -0.39 is 0 Å². The van der Waals surface area contributed by atoms with E-state index in [2.05, 4.69) is 196 Å². The van der Waals surface area contributed by atoms with Gasteiger partial charge in [-0.15, -0.1) is 0 Å².